The molecule has 0 saturated carbocycles. The smallest absolute Gasteiger partial charge is 0.309 e. The van der Waals surface area contributed by atoms with Gasteiger partial charge in [0.25, 0.3) is 17.4 Å². The molecule has 1 heterocycles. The maximum Gasteiger partial charge on any atom is 0.309 e. The van der Waals surface area contributed by atoms with Crippen LogP contribution in [0.5, 0.6) is 5.75 Å². The van der Waals surface area contributed by atoms with Crippen LogP contribution in [0.4, 0.5) is 11.4 Å². The number of aliphatic hydroxyl groups excluding tert-OH is 1. The molecule has 37 heavy (non-hydrogen) atoms. The molecule has 1 unspecified atom stereocenters. The molecule has 1 amide bonds. The number of non-ortho nitro benzene ring substituents is 1. The van der Waals surface area contributed by atoms with Gasteiger partial charge in [-0.2, -0.15) is 0 Å². The molecule has 0 aliphatic carbocycles. The molecule has 0 spiro atoms. The lowest BCUT2D eigenvalue weighted by Crippen LogP contribution is -2.29. The second kappa shape index (κ2) is 10.3. The third-order valence-electron chi connectivity index (χ3n) is 6.00. The highest BCUT2D eigenvalue weighted by atomic mass is 16.6. The zero-order valence-corrected chi connectivity index (χ0v) is 19.9. The Balaban J connectivity index is 1.86. The molecule has 1 aliphatic rings. The number of hydrogen-bond acceptors (Lipinski definition) is 8. The van der Waals surface area contributed by atoms with E-state index < -0.39 is 34.4 Å². The van der Waals surface area contributed by atoms with Crippen LogP contribution in [0.15, 0.2) is 78.4 Å². The maximum absolute atomic E-state index is 13.3. The average molecular weight is 502 g/mol. The summed E-state index contributed by atoms with van der Waals surface area (Å²) in [6.45, 7) is 0. The Morgan fingerprint density at radius 1 is 1.03 bits per heavy atom. The van der Waals surface area contributed by atoms with Crippen LogP contribution in [-0.4, -0.2) is 41.9 Å². The first-order valence-corrected chi connectivity index (χ1v) is 11.1. The summed E-state index contributed by atoms with van der Waals surface area (Å²) in [5, 5.41) is 22.4. The number of aliphatic hydroxyl groups is 1. The summed E-state index contributed by atoms with van der Waals surface area (Å²) in [4.78, 5) is 50.0. The topological polar surface area (TPSA) is 136 Å². The normalized spacial score (nSPS) is 16.5. The Kier molecular flexibility index (Phi) is 7.01. The minimum Gasteiger partial charge on any atom is -0.507 e. The van der Waals surface area contributed by atoms with Gasteiger partial charge in [-0.15, -0.1) is 0 Å². The van der Waals surface area contributed by atoms with E-state index in [2.05, 4.69) is 4.74 Å². The average Bonchev–Trinajstić information content (AvgIpc) is 3.18. The first kappa shape index (κ1) is 25.1. The van der Waals surface area contributed by atoms with Crippen molar-refractivity contribution in [1.29, 1.82) is 0 Å². The first-order chi connectivity index (χ1) is 17.7. The van der Waals surface area contributed by atoms with Crippen molar-refractivity contribution in [2.75, 3.05) is 19.1 Å². The summed E-state index contributed by atoms with van der Waals surface area (Å²) in [5.74, 6) is -2.24. The van der Waals surface area contributed by atoms with Gasteiger partial charge in [-0.05, 0) is 35.4 Å². The lowest BCUT2D eigenvalue weighted by atomic mass is 9.95. The van der Waals surface area contributed by atoms with E-state index in [0.717, 1.165) is 6.07 Å². The van der Waals surface area contributed by atoms with Crippen LogP contribution in [-0.2, 0) is 25.5 Å². The van der Waals surface area contributed by atoms with E-state index in [1.54, 1.807) is 48.5 Å². The molecule has 4 rings (SSSR count). The van der Waals surface area contributed by atoms with Gasteiger partial charge in [0, 0.05) is 23.4 Å². The fourth-order valence-corrected chi connectivity index (χ4v) is 4.14. The van der Waals surface area contributed by atoms with E-state index in [0.29, 0.717) is 22.6 Å². The van der Waals surface area contributed by atoms with E-state index in [1.807, 2.05) is 0 Å². The Morgan fingerprint density at radius 2 is 1.70 bits per heavy atom. The zero-order chi connectivity index (χ0) is 26.7. The molecule has 1 atom stereocenters. The first-order valence-electron chi connectivity index (χ1n) is 11.1. The summed E-state index contributed by atoms with van der Waals surface area (Å²) < 4.78 is 9.89. The van der Waals surface area contributed by atoms with Crippen LogP contribution >= 0.6 is 0 Å². The highest BCUT2D eigenvalue weighted by Gasteiger charge is 2.47. The molecule has 0 aromatic heterocycles. The monoisotopic (exact) mass is 502 g/mol. The van der Waals surface area contributed by atoms with Crippen molar-refractivity contribution in [3.05, 3.63) is 105 Å². The predicted molar refractivity (Wildman–Crippen MR) is 133 cm³/mol. The summed E-state index contributed by atoms with van der Waals surface area (Å²) in [6, 6.07) is 17.2. The highest BCUT2D eigenvalue weighted by Crippen LogP contribution is 2.42. The van der Waals surface area contributed by atoms with Crippen LogP contribution in [0, 0.1) is 10.1 Å². The number of methoxy groups -OCH3 is 2. The van der Waals surface area contributed by atoms with Crippen LogP contribution < -0.4 is 9.64 Å². The van der Waals surface area contributed by atoms with E-state index >= 15 is 0 Å². The molecule has 1 saturated heterocycles. The van der Waals surface area contributed by atoms with E-state index in [9.17, 15) is 29.6 Å². The Hall–Kier alpha value is -4.99. The zero-order valence-electron chi connectivity index (χ0n) is 19.9. The number of esters is 1. The standard InChI is InChI=1S/C27H22N2O8/c1-36-21-12-8-17(9-13-21)24-23(25(31)18-4-3-5-20(15-18)29(34)35)26(32)27(33)28(24)19-10-6-16(7-11-19)14-22(30)37-2/h3-13,15,24,31H,14H2,1-2H3/b25-23-. The van der Waals surface area contributed by atoms with Crippen LogP contribution in [0.2, 0.25) is 0 Å². The van der Waals surface area contributed by atoms with Crippen LogP contribution in [0.3, 0.4) is 0 Å². The number of nitrogens with zero attached hydrogens (tertiary/aromatic N) is 2. The lowest BCUT2D eigenvalue weighted by Gasteiger charge is -2.25. The molecule has 1 aliphatic heterocycles. The van der Waals surface area contributed by atoms with Gasteiger partial charge in [-0.25, -0.2) is 0 Å². The quantitative estimate of drug-likeness (QED) is 0.128. The molecular formula is C27H22N2O8. The van der Waals surface area contributed by atoms with Gasteiger partial charge in [-0.1, -0.05) is 36.4 Å². The van der Waals surface area contributed by atoms with Crippen molar-refractivity contribution in [3.63, 3.8) is 0 Å². The number of nitro groups is 1. The number of anilines is 1. The number of Topliss-reactive ketones (excluding diaryl/α,β-unsaturated/α-hetero) is 1. The molecule has 1 N–H and O–H groups in total. The van der Waals surface area contributed by atoms with Crippen molar-refractivity contribution in [1.82, 2.24) is 0 Å². The third-order valence-corrected chi connectivity index (χ3v) is 6.00. The van der Waals surface area contributed by atoms with Gasteiger partial charge >= 0.3 is 5.97 Å². The fourth-order valence-electron chi connectivity index (χ4n) is 4.14. The predicted octanol–water partition coefficient (Wildman–Crippen LogP) is 3.95. The highest BCUT2D eigenvalue weighted by molar-refractivity contribution is 6.51. The van der Waals surface area contributed by atoms with Gasteiger partial charge in [0.15, 0.2) is 0 Å². The molecule has 0 bridgehead atoms. The Morgan fingerprint density at radius 3 is 2.30 bits per heavy atom. The van der Waals surface area contributed by atoms with E-state index in [4.69, 9.17) is 4.74 Å². The number of hydrogen-bond donors (Lipinski definition) is 1. The SMILES string of the molecule is COC(=O)Cc1ccc(N2C(=O)C(=O)/C(=C(\O)c3cccc([N+](=O)[O-])c3)C2c2ccc(OC)cc2)cc1. The maximum atomic E-state index is 13.3. The molecule has 3 aromatic rings. The summed E-state index contributed by atoms with van der Waals surface area (Å²) in [6.07, 6.45) is 0.0320. The van der Waals surface area contributed by atoms with Crippen LogP contribution in [0.1, 0.15) is 22.7 Å². The van der Waals surface area contributed by atoms with Gasteiger partial charge in [0.05, 0.1) is 37.2 Å². The van der Waals surface area contributed by atoms with Crippen molar-refractivity contribution in [3.8, 4) is 5.75 Å². The molecule has 188 valence electrons. The van der Waals surface area contributed by atoms with Gasteiger partial charge < -0.3 is 14.6 Å². The van der Waals surface area contributed by atoms with E-state index in [-0.39, 0.29) is 23.2 Å². The van der Waals surface area contributed by atoms with E-state index in [1.165, 1.54) is 37.3 Å². The molecule has 0 radical (unpaired) electrons. The van der Waals surface area contributed by atoms with Gasteiger partial charge in [-0.3, -0.25) is 29.4 Å². The van der Waals surface area contributed by atoms with Crippen LogP contribution in [0.25, 0.3) is 5.76 Å². The minimum absolute atomic E-state index is 0.0270. The summed E-state index contributed by atoms with van der Waals surface area (Å²) in [5.41, 5.74) is 1.04. The Labute approximate surface area is 211 Å². The second-order valence-corrected chi connectivity index (χ2v) is 8.17. The molecule has 10 heteroatoms. The van der Waals surface area contributed by atoms with Crippen molar-refractivity contribution in [2.45, 2.75) is 12.5 Å². The summed E-state index contributed by atoms with van der Waals surface area (Å²) in [7, 11) is 2.78. The second-order valence-electron chi connectivity index (χ2n) is 8.17. The van der Waals surface area contributed by atoms with Crippen molar-refractivity contribution in [2.24, 2.45) is 0 Å². The molecule has 10 nitrogen and oxygen atoms in total. The fraction of sp³-hybridized carbons (Fsp3) is 0.148. The Bertz CT molecular complexity index is 1410. The number of ketones is 1. The minimum atomic E-state index is -1.03. The summed E-state index contributed by atoms with van der Waals surface area (Å²) >= 11 is 0. The van der Waals surface area contributed by atoms with Gasteiger partial charge in [0.1, 0.15) is 11.5 Å². The largest absolute Gasteiger partial charge is 0.507 e. The number of carbonyl (C=O) groups is 3. The number of rotatable bonds is 7. The molecular weight excluding hydrogens is 480 g/mol. The van der Waals surface area contributed by atoms with Crippen molar-refractivity contribution < 1.29 is 33.9 Å². The molecule has 3 aromatic carbocycles. The number of carbonyl (C=O) groups excluding carboxylic acids is 3. The third kappa shape index (κ3) is 4.90. The molecule has 1 fully saturated rings. The number of ether oxygens (including phenoxy) is 2. The number of nitro benzene ring substituents is 1. The van der Waals surface area contributed by atoms with Crippen molar-refractivity contribution >= 4 is 34.8 Å². The number of amides is 1. The van der Waals surface area contributed by atoms with Gasteiger partial charge in [0.2, 0.25) is 0 Å². The lowest BCUT2D eigenvalue weighted by molar-refractivity contribution is -0.384. The number of benzene rings is 3.